The van der Waals surface area contributed by atoms with E-state index in [2.05, 4.69) is 10.2 Å². The maximum Gasteiger partial charge on any atom is 0.273 e. The number of carbonyl (C=O) groups is 1. The van der Waals surface area contributed by atoms with Crippen molar-refractivity contribution in [1.29, 1.82) is 0 Å². The number of rotatable bonds is 6. The molecule has 1 atom stereocenters. The number of aromatic amines is 1. The fourth-order valence-corrected chi connectivity index (χ4v) is 4.71. The van der Waals surface area contributed by atoms with Crippen LogP contribution in [0.25, 0.3) is 11.3 Å². The Morgan fingerprint density at radius 1 is 1.17 bits per heavy atom. The van der Waals surface area contributed by atoms with Crippen LogP contribution in [0.4, 0.5) is 4.39 Å². The van der Waals surface area contributed by atoms with Crippen molar-refractivity contribution in [3.8, 4) is 22.8 Å². The van der Waals surface area contributed by atoms with Crippen LogP contribution in [-0.4, -0.2) is 39.8 Å². The first-order valence-corrected chi connectivity index (χ1v) is 11.5. The minimum absolute atomic E-state index is 0.0161. The van der Waals surface area contributed by atoms with Crippen LogP contribution >= 0.6 is 11.6 Å². The summed E-state index contributed by atoms with van der Waals surface area (Å²) in [7, 11) is 1.61. The molecule has 4 aromatic rings. The second kappa shape index (κ2) is 9.07. The molecule has 1 amide bonds. The zero-order valence-corrected chi connectivity index (χ0v) is 19.9. The number of nitrogens with one attached hydrogen (secondary N) is 1. The van der Waals surface area contributed by atoms with Crippen molar-refractivity contribution in [2.45, 2.75) is 19.4 Å². The second-order valence-electron chi connectivity index (χ2n) is 8.50. The summed E-state index contributed by atoms with van der Waals surface area (Å²) in [6, 6.07) is 16.5. The zero-order valence-electron chi connectivity index (χ0n) is 19.2. The first-order valence-electron chi connectivity index (χ1n) is 11.1. The first-order chi connectivity index (χ1) is 16.9. The molecule has 1 aliphatic rings. The Labute approximate surface area is 206 Å². The Hall–Kier alpha value is -3.84. The Bertz CT molecular complexity index is 1420. The number of H-pyrrole nitrogens is 1. The highest BCUT2D eigenvalue weighted by molar-refractivity contribution is 6.31. The molecule has 0 spiro atoms. The highest BCUT2D eigenvalue weighted by atomic mass is 35.5. The molecule has 1 aromatic heterocycles. The summed E-state index contributed by atoms with van der Waals surface area (Å²) in [5, 5.41) is 18.3. The average molecular weight is 492 g/mol. The van der Waals surface area contributed by atoms with E-state index in [1.54, 1.807) is 49.3 Å². The van der Waals surface area contributed by atoms with E-state index in [1.165, 1.54) is 6.07 Å². The number of hydrogen-bond donors (Lipinski definition) is 2. The number of aromatic hydroxyl groups is 1. The van der Waals surface area contributed by atoms with Gasteiger partial charge < -0.3 is 14.7 Å². The third-order valence-corrected chi connectivity index (χ3v) is 6.80. The van der Waals surface area contributed by atoms with Crippen LogP contribution in [0.3, 0.4) is 0 Å². The molecule has 0 aliphatic carbocycles. The zero-order chi connectivity index (χ0) is 24.7. The van der Waals surface area contributed by atoms with Crippen LogP contribution < -0.4 is 4.74 Å². The van der Waals surface area contributed by atoms with Gasteiger partial charge in [0.25, 0.3) is 5.91 Å². The molecule has 2 N–H and O–H groups in total. The highest BCUT2D eigenvalue weighted by Gasteiger charge is 2.43. The van der Waals surface area contributed by atoms with Crippen LogP contribution in [0, 0.1) is 12.7 Å². The number of aromatic nitrogens is 2. The molecule has 3 aromatic carbocycles. The van der Waals surface area contributed by atoms with E-state index >= 15 is 4.39 Å². The molecule has 1 aliphatic heterocycles. The number of benzene rings is 3. The van der Waals surface area contributed by atoms with Gasteiger partial charge in [-0.15, -0.1) is 0 Å². The number of aryl methyl sites for hydroxylation is 1. The van der Waals surface area contributed by atoms with E-state index in [4.69, 9.17) is 16.3 Å². The van der Waals surface area contributed by atoms with E-state index < -0.39 is 11.9 Å². The number of hydrogen-bond acceptors (Lipinski definition) is 4. The number of methoxy groups -OCH3 is 1. The number of phenols is 1. The van der Waals surface area contributed by atoms with Crippen LogP contribution in [0.5, 0.6) is 11.5 Å². The minimum Gasteiger partial charge on any atom is -0.507 e. The lowest BCUT2D eigenvalue weighted by molar-refractivity contribution is 0.0744. The van der Waals surface area contributed by atoms with Crippen molar-refractivity contribution in [2.75, 3.05) is 13.7 Å². The summed E-state index contributed by atoms with van der Waals surface area (Å²) in [5.41, 5.74) is 3.63. The molecule has 0 unspecified atom stereocenters. The van der Waals surface area contributed by atoms with Gasteiger partial charge in [-0.25, -0.2) is 4.39 Å². The predicted molar refractivity (Wildman–Crippen MR) is 131 cm³/mol. The van der Waals surface area contributed by atoms with Gasteiger partial charge in [0.15, 0.2) is 0 Å². The van der Waals surface area contributed by atoms with Crippen molar-refractivity contribution in [3.05, 3.63) is 99.5 Å². The lowest BCUT2D eigenvalue weighted by Gasteiger charge is -2.27. The Morgan fingerprint density at radius 2 is 1.91 bits per heavy atom. The van der Waals surface area contributed by atoms with Crippen molar-refractivity contribution >= 4 is 17.5 Å². The maximum absolute atomic E-state index is 15.1. The molecule has 0 bridgehead atoms. The van der Waals surface area contributed by atoms with E-state index in [9.17, 15) is 9.90 Å². The summed E-state index contributed by atoms with van der Waals surface area (Å²) in [5.74, 6) is 0.0271. The number of ether oxygens (including phenoxy) is 1. The lowest BCUT2D eigenvalue weighted by atomic mass is 9.94. The van der Waals surface area contributed by atoms with Crippen LogP contribution in [0.2, 0.25) is 5.02 Å². The quantitative estimate of drug-likeness (QED) is 0.364. The van der Waals surface area contributed by atoms with Crippen molar-refractivity contribution in [2.24, 2.45) is 0 Å². The van der Waals surface area contributed by atoms with Gasteiger partial charge >= 0.3 is 0 Å². The smallest absolute Gasteiger partial charge is 0.273 e. The van der Waals surface area contributed by atoms with Gasteiger partial charge in [0.05, 0.1) is 13.2 Å². The summed E-state index contributed by atoms with van der Waals surface area (Å²) in [4.78, 5) is 15.1. The largest absolute Gasteiger partial charge is 0.507 e. The predicted octanol–water partition coefficient (Wildman–Crippen LogP) is 5.68. The number of nitrogens with zero attached hydrogens (tertiary/aromatic N) is 2. The topological polar surface area (TPSA) is 78.5 Å². The fourth-order valence-electron chi connectivity index (χ4n) is 4.55. The summed E-state index contributed by atoms with van der Waals surface area (Å²) < 4.78 is 20.3. The van der Waals surface area contributed by atoms with Gasteiger partial charge in [0.1, 0.15) is 28.7 Å². The van der Waals surface area contributed by atoms with Gasteiger partial charge in [0.2, 0.25) is 0 Å². The molecule has 35 heavy (non-hydrogen) atoms. The normalized spacial score (nSPS) is 14.9. The molecule has 0 radical (unpaired) electrons. The van der Waals surface area contributed by atoms with Gasteiger partial charge in [-0.1, -0.05) is 41.9 Å². The Balaban J connectivity index is 1.58. The van der Waals surface area contributed by atoms with Gasteiger partial charge in [-0.3, -0.25) is 9.89 Å². The molecule has 178 valence electrons. The van der Waals surface area contributed by atoms with Gasteiger partial charge in [-0.2, -0.15) is 5.10 Å². The van der Waals surface area contributed by atoms with E-state index in [-0.39, 0.29) is 17.4 Å². The van der Waals surface area contributed by atoms with E-state index in [0.717, 1.165) is 11.3 Å². The average Bonchev–Trinajstić information content (AvgIpc) is 3.39. The molecule has 0 saturated heterocycles. The molecule has 0 saturated carbocycles. The summed E-state index contributed by atoms with van der Waals surface area (Å²) in [6.45, 7) is 2.14. The monoisotopic (exact) mass is 491 g/mol. The molecular weight excluding hydrogens is 469 g/mol. The molecule has 8 heteroatoms. The summed E-state index contributed by atoms with van der Waals surface area (Å²) >= 11 is 6.33. The molecule has 2 heterocycles. The fraction of sp³-hybridized carbons (Fsp3) is 0.185. The first kappa shape index (κ1) is 22.9. The van der Waals surface area contributed by atoms with E-state index in [0.29, 0.717) is 45.9 Å². The van der Waals surface area contributed by atoms with Gasteiger partial charge in [-0.05, 0) is 54.8 Å². The molecular formula is C27H23ClFN3O3. The third kappa shape index (κ3) is 4.02. The Morgan fingerprint density at radius 3 is 2.63 bits per heavy atom. The lowest BCUT2D eigenvalue weighted by Crippen LogP contribution is -2.32. The number of fused-ring (bicyclic) bond motifs is 1. The van der Waals surface area contributed by atoms with Crippen LogP contribution in [0.15, 0.2) is 60.7 Å². The standard InChI is InChI=1S/C27H23ClFN3O3/c1-15-13-22(33)19(14-20(15)28)24-23-25(31-30-24)27(34)32(26(23)18-5-3-4-6-21(18)29)12-11-16-7-9-17(35-2)10-8-16/h3-10,13-14,26,33H,11-12H2,1-2H3,(H,30,31)/t26-/m0/s1. The third-order valence-electron chi connectivity index (χ3n) is 6.40. The van der Waals surface area contributed by atoms with Crippen molar-refractivity contribution < 1.29 is 19.0 Å². The van der Waals surface area contributed by atoms with Crippen molar-refractivity contribution in [3.63, 3.8) is 0 Å². The van der Waals surface area contributed by atoms with Crippen molar-refractivity contribution in [1.82, 2.24) is 15.1 Å². The maximum atomic E-state index is 15.1. The van der Waals surface area contributed by atoms with E-state index in [1.807, 2.05) is 24.3 Å². The number of halogens is 2. The number of carbonyl (C=O) groups excluding carboxylic acids is 1. The van der Waals surface area contributed by atoms with Gasteiger partial charge in [0, 0.05) is 28.3 Å². The molecule has 6 nitrogen and oxygen atoms in total. The number of phenolic OH excluding ortho intramolecular Hbond substituents is 1. The number of amides is 1. The Kier molecular flexibility index (Phi) is 5.94. The highest BCUT2D eigenvalue weighted by Crippen LogP contribution is 2.45. The van der Waals surface area contributed by atoms with Crippen LogP contribution in [-0.2, 0) is 6.42 Å². The second-order valence-corrected chi connectivity index (χ2v) is 8.91. The minimum atomic E-state index is -0.717. The van der Waals surface area contributed by atoms with Crippen LogP contribution in [0.1, 0.15) is 38.8 Å². The summed E-state index contributed by atoms with van der Waals surface area (Å²) in [6.07, 6.45) is 0.565. The molecule has 5 rings (SSSR count). The SMILES string of the molecule is COc1ccc(CCN2C(=O)c3[nH]nc(-c4cc(Cl)c(C)cc4O)c3[C@@H]2c2ccccc2F)cc1. The molecule has 0 fully saturated rings.